The highest BCUT2D eigenvalue weighted by Gasteiger charge is 2.20. The maximum absolute atomic E-state index is 9.43. The summed E-state index contributed by atoms with van der Waals surface area (Å²) in [5, 5.41) is 26.5. The van der Waals surface area contributed by atoms with Crippen LogP contribution in [0.25, 0.3) is 5.69 Å². The quantitative estimate of drug-likeness (QED) is 0.808. The molecule has 2 aromatic rings. The lowest BCUT2D eigenvalue weighted by Crippen LogP contribution is -2.39. The normalized spacial score (nSPS) is 14.8. The number of nitrogens with zero attached hydrogens (tertiary/aromatic N) is 3. The molecule has 24 heavy (non-hydrogen) atoms. The Hall–Kier alpha value is -1.81. The molecule has 0 radical (unpaired) electrons. The topological polar surface area (TPSA) is 73.9 Å². The fourth-order valence-electron chi connectivity index (χ4n) is 2.81. The minimum atomic E-state index is 0.133. The van der Waals surface area contributed by atoms with E-state index in [0.29, 0.717) is 5.56 Å². The number of nitrogens with one attached hydrogen (secondary N) is 1. The minimum Gasteiger partial charge on any atom is -0.395 e. The molecule has 1 aromatic heterocycles. The van der Waals surface area contributed by atoms with Gasteiger partial charge < -0.3 is 10.4 Å². The van der Waals surface area contributed by atoms with E-state index in [-0.39, 0.29) is 23.9 Å². The largest absolute Gasteiger partial charge is 0.395 e. The van der Waals surface area contributed by atoms with Crippen LogP contribution in [0, 0.1) is 18.3 Å². The fourth-order valence-corrected chi connectivity index (χ4v) is 3.45. The molecule has 0 bridgehead atoms. The first-order valence-electron chi connectivity index (χ1n) is 7.96. The molecule has 0 fully saturated rings. The Bertz CT molecular complexity index is 701. The van der Waals surface area contributed by atoms with E-state index in [2.05, 4.69) is 30.3 Å². The summed E-state index contributed by atoms with van der Waals surface area (Å²) in [7, 11) is 0. The van der Waals surface area contributed by atoms with Crippen LogP contribution in [0.5, 0.6) is 0 Å². The molecular weight excluding hydrogens is 320 g/mol. The van der Waals surface area contributed by atoms with E-state index in [9.17, 15) is 5.11 Å². The Kier molecular flexibility index (Phi) is 6.44. The lowest BCUT2D eigenvalue weighted by molar-refractivity contribution is 0.271. The predicted molar refractivity (Wildman–Crippen MR) is 98.4 cm³/mol. The van der Waals surface area contributed by atoms with E-state index < -0.39 is 0 Å². The zero-order valence-electron chi connectivity index (χ0n) is 14.5. The maximum Gasteiger partial charge on any atom is 0.0991 e. The number of thioether (sulfide) groups is 1. The zero-order valence-corrected chi connectivity index (χ0v) is 15.3. The van der Waals surface area contributed by atoms with Crippen molar-refractivity contribution in [2.75, 3.05) is 12.9 Å². The zero-order chi connectivity index (χ0) is 17.7. The monoisotopic (exact) mass is 344 g/mol. The summed E-state index contributed by atoms with van der Waals surface area (Å²) in [5.41, 5.74) is 3.77. The van der Waals surface area contributed by atoms with Gasteiger partial charge in [0.1, 0.15) is 0 Å². The fraction of sp³-hybridized carbons (Fsp3) is 0.444. The molecule has 0 saturated carbocycles. The van der Waals surface area contributed by atoms with Gasteiger partial charge in [-0.15, -0.1) is 0 Å². The van der Waals surface area contributed by atoms with Gasteiger partial charge in [0, 0.05) is 28.6 Å². The van der Waals surface area contributed by atoms with Crippen molar-refractivity contribution in [1.82, 2.24) is 15.1 Å². The van der Waals surface area contributed by atoms with Crippen LogP contribution < -0.4 is 5.32 Å². The van der Waals surface area contributed by atoms with Crippen molar-refractivity contribution in [3.63, 3.8) is 0 Å². The smallest absolute Gasteiger partial charge is 0.0991 e. The lowest BCUT2D eigenvalue weighted by atomic mass is 10.1. The molecule has 0 spiro atoms. The van der Waals surface area contributed by atoms with Crippen molar-refractivity contribution in [1.29, 1.82) is 5.26 Å². The predicted octanol–water partition coefficient (Wildman–Crippen LogP) is 2.82. The molecule has 5 nitrogen and oxygen atoms in total. The second kappa shape index (κ2) is 8.34. The van der Waals surface area contributed by atoms with Gasteiger partial charge in [0.2, 0.25) is 0 Å². The second-order valence-electron chi connectivity index (χ2n) is 5.89. The third kappa shape index (κ3) is 3.99. The van der Waals surface area contributed by atoms with Gasteiger partial charge in [-0.1, -0.05) is 0 Å². The van der Waals surface area contributed by atoms with E-state index in [4.69, 9.17) is 5.26 Å². The number of aliphatic hydroxyl groups excluding tert-OH is 1. The molecule has 6 heteroatoms. The molecule has 0 saturated heterocycles. The summed E-state index contributed by atoms with van der Waals surface area (Å²) < 4.78 is 1.89. The van der Waals surface area contributed by atoms with Crippen molar-refractivity contribution in [3.05, 3.63) is 47.3 Å². The van der Waals surface area contributed by atoms with Crippen LogP contribution >= 0.6 is 11.8 Å². The lowest BCUT2D eigenvalue weighted by Gasteiger charge is -2.25. The summed E-state index contributed by atoms with van der Waals surface area (Å²) in [6, 6.07) is 9.84. The van der Waals surface area contributed by atoms with Gasteiger partial charge >= 0.3 is 0 Å². The van der Waals surface area contributed by atoms with Crippen LogP contribution in [0.4, 0.5) is 0 Å². The third-order valence-corrected chi connectivity index (χ3v) is 5.47. The summed E-state index contributed by atoms with van der Waals surface area (Å²) in [6.07, 6.45) is 3.89. The number of aromatic nitrogens is 2. The van der Waals surface area contributed by atoms with E-state index in [1.165, 1.54) is 0 Å². The number of benzene rings is 1. The molecule has 3 atom stereocenters. The molecule has 1 aromatic carbocycles. The molecule has 2 rings (SSSR count). The van der Waals surface area contributed by atoms with Crippen molar-refractivity contribution in [3.8, 4) is 11.8 Å². The first kappa shape index (κ1) is 18.5. The van der Waals surface area contributed by atoms with Crippen molar-refractivity contribution < 1.29 is 5.11 Å². The first-order chi connectivity index (χ1) is 11.5. The van der Waals surface area contributed by atoms with Crippen LogP contribution in [0.3, 0.4) is 0 Å². The van der Waals surface area contributed by atoms with E-state index in [0.717, 1.165) is 16.9 Å². The van der Waals surface area contributed by atoms with Gasteiger partial charge in [-0.25, -0.2) is 4.68 Å². The standard InChI is InChI=1S/C18H24N4OS/c1-12(21-13(2)18(11-23)24-4)17-10-20-22(14(17)3)16-7-5-15(9-19)6-8-16/h5-8,10,12-13,18,21,23H,11H2,1-4H3. The van der Waals surface area contributed by atoms with Gasteiger partial charge in [-0.2, -0.15) is 22.1 Å². The molecule has 1 heterocycles. The first-order valence-corrected chi connectivity index (χ1v) is 9.25. The van der Waals surface area contributed by atoms with Crippen molar-refractivity contribution >= 4 is 11.8 Å². The van der Waals surface area contributed by atoms with Crippen molar-refractivity contribution in [2.24, 2.45) is 0 Å². The maximum atomic E-state index is 9.43. The van der Waals surface area contributed by atoms with Gasteiger partial charge in [-0.05, 0) is 51.3 Å². The molecule has 0 aliphatic rings. The number of aliphatic hydroxyl groups is 1. The van der Waals surface area contributed by atoms with Gasteiger partial charge in [0.25, 0.3) is 0 Å². The van der Waals surface area contributed by atoms with Crippen LogP contribution in [0.15, 0.2) is 30.5 Å². The van der Waals surface area contributed by atoms with E-state index in [1.807, 2.05) is 36.2 Å². The Labute approximate surface area is 147 Å². The SMILES string of the molecule is CSC(CO)C(C)NC(C)c1cnn(-c2ccc(C#N)cc2)c1C. The number of hydrogen-bond donors (Lipinski definition) is 2. The van der Waals surface area contributed by atoms with E-state index in [1.54, 1.807) is 23.9 Å². The number of hydrogen-bond acceptors (Lipinski definition) is 5. The third-order valence-electron chi connectivity index (χ3n) is 4.31. The molecule has 0 aliphatic carbocycles. The summed E-state index contributed by atoms with van der Waals surface area (Å²) in [4.78, 5) is 0. The van der Waals surface area contributed by atoms with Gasteiger partial charge in [-0.3, -0.25) is 0 Å². The second-order valence-corrected chi connectivity index (χ2v) is 6.97. The highest BCUT2D eigenvalue weighted by Crippen LogP contribution is 2.22. The summed E-state index contributed by atoms with van der Waals surface area (Å²) in [6.45, 7) is 6.40. The van der Waals surface area contributed by atoms with Crippen LogP contribution in [-0.2, 0) is 0 Å². The molecule has 0 amide bonds. The molecule has 2 N–H and O–H groups in total. The molecule has 3 unspecified atom stereocenters. The Morgan fingerprint density at radius 1 is 1.33 bits per heavy atom. The van der Waals surface area contributed by atoms with Crippen LogP contribution in [0.1, 0.15) is 36.7 Å². The Morgan fingerprint density at radius 2 is 2.00 bits per heavy atom. The summed E-state index contributed by atoms with van der Waals surface area (Å²) >= 11 is 1.67. The summed E-state index contributed by atoms with van der Waals surface area (Å²) in [5.74, 6) is 0. The van der Waals surface area contributed by atoms with Gasteiger partial charge in [0.05, 0.1) is 30.1 Å². The van der Waals surface area contributed by atoms with Crippen LogP contribution in [-0.4, -0.2) is 39.0 Å². The Balaban J connectivity index is 2.18. The number of rotatable bonds is 7. The average Bonchev–Trinajstić information content (AvgIpc) is 2.97. The van der Waals surface area contributed by atoms with Crippen LogP contribution in [0.2, 0.25) is 0 Å². The molecular formula is C18H24N4OS. The molecule has 128 valence electrons. The van der Waals surface area contributed by atoms with Crippen molar-refractivity contribution in [2.45, 2.75) is 38.1 Å². The highest BCUT2D eigenvalue weighted by atomic mass is 32.2. The minimum absolute atomic E-state index is 0.133. The molecule has 0 aliphatic heterocycles. The van der Waals surface area contributed by atoms with E-state index >= 15 is 0 Å². The Morgan fingerprint density at radius 3 is 2.54 bits per heavy atom. The number of nitriles is 1. The average molecular weight is 344 g/mol. The highest BCUT2D eigenvalue weighted by molar-refractivity contribution is 7.99. The van der Waals surface area contributed by atoms with Gasteiger partial charge in [0.15, 0.2) is 0 Å².